The number of amides is 2. The number of carboxylic acids is 1. The van der Waals surface area contributed by atoms with Crippen LogP contribution in [0.25, 0.3) is 0 Å². The summed E-state index contributed by atoms with van der Waals surface area (Å²) in [5, 5.41) is 20.9. The van der Waals surface area contributed by atoms with Crippen molar-refractivity contribution < 1.29 is 27.9 Å². The number of rotatable bonds is 15. The van der Waals surface area contributed by atoms with Crippen molar-refractivity contribution in [2.24, 2.45) is 17.8 Å². The van der Waals surface area contributed by atoms with Gasteiger partial charge in [0.15, 0.2) is 0 Å². The SMILES string of the molecule is O=C(CNC(=O)C(CCC1CCNCC1)CCC1CCNCC1)NCC(NS(=O)(=O)C1CCCCC1)C(=O)O. The van der Waals surface area contributed by atoms with Gasteiger partial charge in [-0.1, -0.05) is 19.3 Å². The Balaban J connectivity index is 1.45. The van der Waals surface area contributed by atoms with Crippen LogP contribution in [0, 0.1) is 17.8 Å². The van der Waals surface area contributed by atoms with Gasteiger partial charge in [0.25, 0.3) is 0 Å². The van der Waals surface area contributed by atoms with Crippen molar-refractivity contribution in [2.45, 2.75) is 94.8 Å². The van der Waals surface area contributed by atoms with E-state index in [9.17, 15) is 27.9 Å². The predicted octanol–water partition coefficient (Wildman–Crippen LogP) is 1.10. The van der Waals surface area contributed by atoms with E-state index >= 15 is 0 Å². The number of piperidine rings is 2. The quantitative estimate of drug-likeness (QED) is 0.170. The summed E-state index contributed by atoms with van der Waals surface area (Å²) in [6.45, 7) is 3.42. The van der Waals surface area contributed by atoms with Crippen LogP contribution in [0.15, 0.2) is 0 Å². The second kappa shape index (κ2) is 16.5. The van der Waals surface area contributed by atoms with Crippen LogP contribution < -0.4 is 26.0 Å². The highest BCUT2D eigenvalue weighted by Crippen LogP contribution is 2.27. The summed E-state index contributed by atoms with van der Waals surface area (Å²) in [4.78, 5) is 37.2. The van der Waals surface area contributed by atoms with Gasteiger partial charge in [-0.2, -0.15) is 4.72 Å². The highest BCUT2D eigenvalue weighted by Gasteiger charge is 2.32. The average molecular weight is 572 g/mol. The number of sulfonamides is 1. The van der Waals surface area contributed by atoms with E-state index in [-0.39, 0.29) is 24.9 Å². The van der Waals surface area contributed by atoms with Gasteiger partial charge in [-0.15, -0.1) is 0 Å². The zero-order valence-electron chi connectivity index (χ0n) is 23.2. The van der Waals surface area contributed by atoms with E-state index in [2.05, 4.69) is 26.0 Å². The first-order valence-corrected chi connectivity index (χ1v) is 16.5. The van der Waals surface area contributed by atoms with E-state index in [1.54, 1.807) is 0 Å². The molecule has 0 aromatic rings. The van der Waals surface area contributed by atoms with Crippen molar-refractivity contribution in [2.75, 3.05) is 39.3 Å². The van der Waals surface area contributed by atoms with Gasteiger partial charge >= 0.3 is 5.97 Å². The fourth-order valence-electron chi connectivity index (χ4n) is 6.06. The van der Waals surface area contributed by atoms with Gasteiger partial charge in [-0.25, -0.2) is 8.42 Å². The fraction of sp³-hybridized carbons (Fsp3) is 0.889. The lowest BCUT2D eigenvalue weighted by Crippen LogP contribution is -2.52. The lowest BCUT2D eigenvalue weighted by Gasteiger charge is -2.27. The molecule has 2 heterocycles. The lowest BCUT2D eigenvalue weighted by molar-refractivity contribution is -0.139. The van der Waals surface area contributed by atoms with Gasteiger partial charge < -0.3 is 26.4 Å². The van der Waals surface area contributed by atoms with Crippen LogP contribution in [0.5, 0.6) is 0 Å². The maximum Gasteiger partial charge on any atom is 0.323 e. The van der Waals surface area contributed by atoms with Gasteiger partial charge in [-0.05, 0) is 102 Å². The molecule has 12 heteroatoms. The summed E-state index contributed by atoms with van der Waals surface area (Å²) in [6.07, 6.45) is 11.7. The summed E-state index contributed by atoms with van der Waals surface area (Å²) in [5.74, 6) is -0.947. The smallest absolute Gasteiger partial charge is 0.323 e. The molecule has 1 saturated carbocycles. The van der Waals surface area contributed by atoms with E-state index in [1.807, 2.05) is 0 Å². The second-order valence-electron chi connectivity index (χ2n) is 11.6. The monoisotopic (exact) mass is 571 g/mol. The number of carboxylic acid groups (broad SMARTS) is 1. The molecule has 3 aliphatic rings. The molecule has 11 nitrogen and oxygen atoms in total. The molecule has 1 unspecified atom stereocenters. The molecular weight excluding hydrogens is 522 g/mol. The summed E-state index contributed by atoms with van der Waals surface area (Å²) in [7, 11) is -3.80. The molecule has 39 heavy (non-hydrogen) atoms. The minimum atomic E-state index is -3.80. The molecule has 0 aromatic heterocycles. The maximum atomic E-state index is 13.1. The van der Waals surface area contributed by atoms with Gasteiger partial charge in [0.1, 0.15) is 6.04 Å². The third-order valence-electron chi connectivity index (χ3n) is 8.66. The minimum Gasteiger partial charge on any atom is -0.480 e. The van der Waals surface area contributed by atoms with Crippen LogP contribution >= 0.6 is 0 Å². The van der Waals surface area contributed by atoms with Crippen LogP contribution in [-0.2, 0) is 24.4 Å². The fourth-order valence-corrected chi connectivity index (χ4v) is 7.79. The van der Waals surface area contributed by atoms with Crippen LogP contribution in [0.3, 0.4) is 0 Å². The molecule has 0 bridgehead atoms. The Morgan fingerprint density at radius 2 is 1.33 bits per heavy atom. The first kappa shape index (κ1) is 31.8. The molecule has 0 aromatic carbocycles. The standard InChI is InChI=1S/C27H49N5O6S/c33-25(30-18-24(27(35)36)32-39(37,38)23-4-2-1-3-5-23)19-31-26(34)22(8-6-20-10-14-28-15-11-20)9-7-21-12-16-29-17-13-21/h20-24,28-29,32H,1-19H2,(H,30,33)(H,31,34)(H,35,36). The molecule has 1 aliphatic carbocycles. The van der Waals surface area contributed by atoms with Crippen LogP contribution in [0.4, 0.5) is 0 Å². The molecule has 0 spiro atoms. The number of carbonyl (C=O) groups is 3. The highest BCUT2D eigenvalue weighted by atomic mass is 32.2. The zero-order valence-corrected chi connectivity index (χ0v) is 24.0. The van der Waals surface area contributed by atoms with Gasteiger partial charge in [0.05, 0.1) is 11.8 Å². The summed E-state index contributed by atoms with van der Waals surface area (Å²) < 4.78 is 27.5. The van der Waals surface area contributed by atoms with E-state index in [4.69, 9.17) is 0 Å². The van der Waals surface area contributed by atoms with Crippen molar-refractivity contribution in [3.8, 4) is 0 Å². The molecule has 3 rings (SSSR count). The van der Waals surface area contributed by atoms with E-state index < -0.39 is 33.2 Å². The van der Waals surface area contributed by atoms with Crippen molar-refractivity contribution in [1.29, 1.82) is 0 Å². The minimum absolute atomic E-state index is 0.138. The van der Waals surface area contributed by atoms with Crippen molar-refractivity contribution >= 4 is 27.8 Å². The van der Waals surface area contributed by atoms with Crippen molar-refractivity contribution in [3.05, 3.63) is 0 Å². The predicted molar refractivity (Wildman–Crippen MR) is 150 cm³/mol. The Labute approximate surface area is 233 Å². The summed E-state index contributed by atoms with van der Waals surface area (Å²) in [5.41, 5.74) is 0. The molecule has 6 N–H and O–H groups in total. The molecule has 2 aliphatic heterocycles. The first-order valence-electron chi connectivity index (χ1n) is 14.9. The zero-order chi connectivity index (χ0) is 28.1. The summed E-state index contributed by atoms with van der Waals surface area (Å²) >= 11 is 0. The Morgan fingerprint density at radius 1 is 0.795 bits per heavy atom. The molecule has 0 radical (unpaired) electrons. The van der Waals surface area contributed by atoms with Gasteiger partial charge in [0, 0.05) is 12.5 Å². The van der Waals surface area contributed by atoms with Crippen LogP contribution in [0.1, 0.15) is 83.5 Å². The number of hydrogen-bond acceptors (Lipinski definition) is 7. The second-order valence-corrected chi connectivity index (χ2v) is 13.6. The van der Waals surface area contributed by atoms with Crippen molar-refractivity contribution in [1.82, 2.24) is 26.0 Å². The van der Waals surface area contributed by atoms with E-state index in [0.29, 0.717) is 24.7 Å². The van der Waals surface area contributed by atoms with Crippen LogP contribution in [-0.4, -0.2) is 81.9 Å². The molecular formula is C27H49N5O6S. The van der Waals surface area contributed by atoms with E-state index in [1.165, 1.54) is 0 Å². The van der Waals surface area contributed by atoms with Crippen molar-refractivity contribution in [3.63, 3.8) is 0 Å². The Hall–Kier alpha value is -1.76. The Kier molecular flexibility index (Phi) is 13.4. The number of aliphatic carboxylic acids is 1. The first-order chi connectivity index (χ1) is 18.7. The molecule has 224 valence electrons. The molecule has 2 amide bonds. The highest BCUT2D eigenvalue weighted by molar-refractivity contribution is 7.90. The molecule has 3 fully saturated rings. The largest absolute Gasteiger partial charge is 0.480 e. The maximum absolute atomic E-state index is 13.1. The average Bonchev–Trinajstić information content (AvgIpc) is 2.95. The van der Waals surface area contributed by atoms with Gasteiger partial charge in [0.2, 0.25) is 21.8 Å². The number of carbonyl (C=O) groups excluding carboxylic acids is 2. The molecule has 2 saturated heterocycles. The van der Waals surface area contributed by atoms with Gasteiger partial charge in [-0.3, -0.25) is 14.4 Å². The third-order valence-corrected chi connectivity index (χ3v) is 10.6. The third kappa shape index (κ3) is 11.3. The lowest BCUT2D eigenvalue weighted by atomic mass is 9.84. The Morgan fingerprint density at radius 3 is 1.85 bits per heavy atom. The number of nitrogens with one attached hydrogen (secondary N) is 5. The van der Waals surface area contributed by atoms with Crippen LogP contribution in [0.2, 0.25) is 0 Å². The molecule has 1 atom stereocenters. The topological polar surface area (TPSA) is 166 Å². The summed E-state index contributed by atoms with van der Waals surface area (Å²) in [6, 6.07) is -1.46. The van der Waals surface area contributed by atoms with E-state index in [0.717, 1.165) is 96.8 Å². The Bertz CT molecular complexity index is 861. The normalized spacial score (nSPS) is 20.9. The number of hydrogen-bond donors (Lipinski definition) is 6.